The minimum atomic E-state index is -0.376. The molecule has 0 bridgehead atoms. The lowest BCUT2D eigenvalue weighted by Gasteiger charge is -2.18. The lowest BCUT2D eigenvalue weighted by molar-refractivity contribution is -0.114. The van der Waals surface area contributed by atoms with E-state index in [2.05, 4.69) is 9.83 Å². The Balaban J connectivity index is 2.07. The highest BCUT2D eigenvalue weighted by molar-refractivity contribution is 6.26. The normalized spacial score (nSPS) is 18.4. The topological polar surface area (TPSA) is 57.9 Å². The van der Waals surface area contributed by atoms with Crippen molar-refractivity contribution in [2.45, 2.75) is 46.0 Å². The van der Waals surface area contributed by atoms with E-state index < -0.39 is 0 Å². The van der Waals surface area contributed by atoms with E-state index in [1.54, 1.807) is 27.0 Å². The number of allylic oxidation sites excluding steroid dienone is 1. The summed E-state index contributed by atoms with van der Waals surface area (Å²) in [5.41, 5.74) is 3.18. The Labute approximate surface area is 141 Å². The van der Waals surface area contributed by atoms with E-state index in [0.29, 0.717) is 28.5 Å². The van der Waals surface area contributed by atoms with Gasteiger partial charge in [0.05, 0.1) is 6.57 Å². The Morgan fingerprint density at radius 3 is 2.46 bits per heavy atom. The number of rotatable bonds is 1. The maximum Gasteiger partial charge on any atom is 0.337 e. The van der Waals surface area contributed by atoms with E-state index in [4.69, 9.17) is 6.57 Å². The summed E-state index contributed by atoms with van der Waals surface area (Å²) in [6.45, 7) is 10.6. The molecular formula is C18H20N4O2. The van der Waals surface area contributed by atoms with Crippen molar-refractivity contribution in [3.05, 3.63) is 40.0 Å². The fourth-order valence-electron chi connectivity index (χ4n) is 3.39. The fraction of sp³-hybridized carbons (Fsp3) is 0.444. The van der Waals surface area contributed by atoms with Gasteiger partial charge >= 0.3 is 6.03 Å². The van der Waals surface area contributed by atoms with Crippen LogP contribution in [0, 0.1) is 20.4 Å². The van der Waals surface area contributed by atoms with Crippen LogP contribution in [0.3, 0.4) is 0 Å². The zero-order valence-electron chi connectivity index (χ0n) is 14.2. The van der Waals surface area contributed by atoms with Gasteiger partial charge < -0.3 is 0 Å². The van der Waals surface area contributed by atoms with Gasteiger partial charge in [0, 0.05) is 12.7 Å². The molecule has 0 unspecified atom stereocenters. The first kappa shape index (κ1) is 16.2. The molecule has 1 aliphatic carbocycles. The highest BCUT2D eigenvalue weighted by Crippen LogP contribution is 2.35. The van der Waals surface area contributed by atoms with Crippen LogP contribution in [0.2, 0.25) is 0 Å². The van der Waals surface area contributed by atoms with Gasteiger partial charge in [0.1, 0.15) is 11.5 Å². The molecule has 3 rings (SSSR count). The minimum Gasteiger partial charge on any atom is -0.292 e. The second-order valence-corrected chi connectivity index (χ2v) is 6.34. The lowest BCUT2D eigenvalue weighted by Crippen LogP contribution is -2.32. The summed E-state index contributed by atoms with van der Waals surface area (Å²) in [7, 11) is 1.65. The molecule has 0 atom stereocenters. The van der Waals surface area contributed by atoms with Crippen LogP contribution in [-0.4, -0.2) is 28.9 Å². The van der Waals surface area contributed by atoms with Crippen molar-refractivity contribution in [2.75, 3.05) is 11.9 Å². The van der Waals surface area contributed by atoms with Crippen LogP contribution in [0.1, 0.15) is 43.4 Å². The third-order valence-corrected chi connectivity index (χ3v) is 4.69. The van der Waals surface area contributed by atoms with E-state index in [1.165, 1.54) is 11.3 Å². The van der Waals surface area contributed by atoms with Crippen LogP contribution < -0.4 is 4.90 Å². The van der Waals surface area contributed by atoms with Crippen LogP contribution in [0.25, 0.3) is 4.85 Å². The second kappa shape index (κ2) is 6.08. The molecule has 0 aromatic carbocycles. The van der Waals surface area contributed by atoms with Crippen LogP contribution in [0.15, 0.2) is 17.3 Å². The minimum absolute atomic E-state index is 0.301. The van der Waals surface area contributed by atoms with E-state index >= 15 is 0 Å². The first-order chi connectivity index (χ1) is 11.5. The molecule has 2 heterocycles. The van der Waals surface area contributed by atoms with E-state index in [1.807, 2.05) is 0 Å². The summed E-state index contributed by atoms with van der Waals surface area (Å²) in [5, 5.41) is 0. The third kappa shape index (κ3) is 2.46. The number of amides is 3. The second-order valence-electron chi connectivity index (χ2n) is 6.34. The SMILES string of the molecule is [C-]#[N+]c1cc(C)c(N2C(=O)C(=C3CCCCC3)N(C)C2=O)nc1C. The Morgan fingerprint density at radius 1 is 1.17 bits per heavy atom. The molecule has 0 spiro atoms. The summed E-state index contributed by atoms with van der Waals surface area (Å²) in [6.07, 6.45) is 5.03. The molecule has 1 aromatic rings. The molecule has 0 radical (unpaired) electrons. The van der Waals surface area contributed by atoms with Crippen molar-refractivity contribution in [3.8, 4) is 0 Å². The summed E-state index contributed by atoms with van der Waals surface area (Å²) in [4.78, 5) is 36.0. The summed E-state index contributed by atoms with van der Waals surface area (Å²) >= 11 is 0. The summed E-state index contributed by atoms with van der Waals surface area (Å²) in [5.74, 6) is 0.0260. The number of hydrogen-bond donors (Lipinski definition) is 0. The van der Waals surface area contributed by atoms with Crippen LogP contribution in [0.5, 0.6) is 0 Å². The van der Waals surface area contributed by atoms with E-state index in [0.717, 1.165) is 36.2 Å². The number of nitrogens with zero attached hydrogens (tertiary/aromatic N) is 4. The zero-order chi connectivity index (χ0) is 17.4. The van der Waals surface area contributed by atoms with Gasteiger partial charge in [-0.25, -0.2) is 19.5 Å². The monoisotopic (exact) mass is 324 g/mol. The molecule has 1 aromatic heterocycles. The van der Waals surface area contributed by atoms with Crippen molar-refractivity contribution >= 4 is 23.4 Å². The smallest absolute Gasteiger partial charge is 0.292 e. The van der Waals surface area contributed by atoms with E-state index in [9.17, 15) is 9.59 Å². The lowest BCUT2D eigenvalue weighted by atomic mass is 9.93. The van der Waals surface area contributed by atoms with Crippen molar-refractivity contribution in [1.29, 1.82) is 0 Å². The van der Waals surface area contributed by atoms with Gasteiger partial charge in [-0.15, -0.1) is 0 Å². The van der Waals surface area contributed by atoms with Crippen molar-refractivity contribution in [1.82, 2.24) is 9.88 Å². The number of likely N-dealkylation sites (N-methyl/N-ethyl adjacent to an activating group) is 1. The third-order valence-electron chi connectivity index (χ3n) is 4.69. The largest absolute Gasteiger partial charge is 0.337 e. The van der Waals surface area contributed by atoms with Gasteiger partial charge in [0.2, 0.25) is 5.69 Å². The van der Waals surface area contributed by atoms with Crippen molar-refractivity contribution < 1.29 is 9.59 Å². The zero-order valence-corrected chi connectivity index (χ0v) is 14.2. The molecule has 124 valence electrons. The van der Waals surface area contributed by atoms with Gasteiger partial charge in [0.15, 0.2) is 0 Å². The maximum atomic E-state index is 12.9. The van der Waals surface area contributed by atoms with Gasteiger partial charge in [-0.3, -0.25) is 9.69 Å². The molecule has 2 fully saturated rings. The Bertz CT molecular complexity index is 796. The predicted octanol–water partition coefficient (Wildman–Crippen LogP) is 3.87. The number of aromatic nitrogens is 1. The number of anilines is 1. The molecule has 2 aliphatic rings. The summed E-state index contributed by atoms with van der Waals surface area (Å²) < 4.78 is 0. The van der Waals surface area contributed by atoms with E-state index in [-0.39, 0.29) is 11.9 Å². The highest BCUT2D eigenvalue weighted by atomic mass is 16.2. The molecule has 0 N–H and O–H groups in total. The Kier molecular flexibility index (Phi) is 4.10. The summed E-state index contributed by atoms with van der Waals surface area (Å²) in [6, 6.07) is 1.30. The number of hydrogen-bond acceptors (Lipinski definition) is 3. The Hall–Kier alpha value is -2.68. The number of aryl methyl sites for hydroxylation is 2. The number of carbonyl (C=O) groups excluding carboxylic acids is 2. The first-order valence-corrected chi connectivity index (χ1v) is 8.15. The molecule has 1 saturated carbocycles. The average Bonchev–Trinajstić information content (AvgIpc) is 2.80. The van der Waals surface area contributed by atoms with Gasteiger partial charge in [-0.1, -0.05) is 6.42 Å². The maximum absolute atomic E-state index is 12.9. The molecule has 1 saturated heterocycles. The highest BCUT2D eigenvalue weighted by Gasteiger charge is 2.43. The van der Waals surface area contributed by atoms with Crippen LogP contribution in [0.4, 0.5) is 16.3 Å². The quantitative estimate of drug-likeness (QED) is 0.448. The van der Waals surface area contributed by atoms with Crippen molar-refractivity contribution in [2.24, 2.45) is 0 Å². The van der Waals surface area contributed by atoms with Gasteiger partial charge in [-0.05, 0) is 56.7 Å². The van der Waals surface area contributed by atoms with Crippen molar-refractivity contribution in [3.63, 3.8) is 0 Å². The Morgan fingerprint density at radius 2 is 1.83 bits per heavy atom. The van der Waals surface area contributed by atoms with Gasteiger partial charge in [-0.2, -0.15) is 0 Å². The first-order valence-electron chi connectivity index (χ1n) is 8.15. The molecule has 6 nitrogen and oxygen atoms in total. The number of imide groups is 1. The number of carbonyl (C=O) groups is 2. The number of urea groups is 1. The molecule has 1 aliphatic heterocycles. The number of pyridine rings is 1. The van der Waals surface area contributed by atoms with Crippen LogP contribution >= 0.6 is 0 Å². The predicted molar refractivity (Wildman–Crippen MR) is 90.7 cm³/mol. The fourth-order valence-corrected chi connectivity index (χ4v) is 3.39. The molecule has 24 heavy (non-hydrogen) atoms. The molecule has 3 amide bonds. The van der Waals surface area contributed by atoms with Gasteiger partial charge in [0.25, 0.3) is 5.91 Å². The molecular weight excluding hydrogens is 304 g/mol. The average molecular weight is 324 g/mol. The van der Waals surface area contributed by atoms with Crippen LogP contribution in [-0.2, 0) is 4.79 Å². The standard InChI is InChI=1S/C18H20N4O2/c1-11-10-14(19-3)12(2)20-16(11)22-17(23)15(21(4)18(22)24)13-8-6-5-7-9-13/h10H,5-9H2,1-2,4H3. The molecule has 6 heteroatoms.